The number of nitrogens with zero attached hydrogens (tertiary/aromatic N) is 4. The molecule has 1 amide bonds. The van der Waals surface area contributed by atoms with Gasteiger partial charge < -0.3 is 4.90 Å². The van der Waals surface area contributed by atoms with Crippen LogP contribution < -0.4 is 10.5 Å². The Kier molecular flexibility index (Phi) is 6.20. The summed E-state index contributed by atoms with van der Waals surface area (Å²) in [4.78, 5) is 38.7. The minimum absolute atomic E-state index is 0.0616. The van der Waals surface area contributed by atoms with E-state index in [0.717, 1.165) is 21.8 Å². The number of carbonyl (C=O) groups excluding carboxylic acids is 1. The van der Waals surface area contributed by atoms with E-state index in [1.54, 1.807) is 22.7 Å². The molecular formula is C23H22N4O2S2. The third kappa shape index (κ3) is 4.40. The van der Waals surface area contributed by atoms with Gasteiger partial charge in [-0.15, -0.1) is 11.3 Å². The summed E-state index contributed by atoms with van der Waals surface area (Å²) < 4.78 is 1.63. The first kappa shape index (κ1) is 21.3. The molecule has 158 valence electrons. The molecule has 0 saturated heterocycles. The van der Waals surface area contributed by atoms with E-state index in [2.05, 4.69) is 4.98 Å². The van der Waals surface area contributed by atoms with Crippen molar-refractivity contribution in [1.29, 1.82) is 0 Å². The van der Waals surface area contributed by atoms with Crippen molar-refractivity contribution in [3.05, 3.63) is 81.2 Å². The fraction of sp³-hybridized carbons (Fsp3) is 0.217. The van der Waals surface area contributed by atoms with Gasteiger partial charge in [0.25, 0.3) is 5.56 Å². The monoisotopic (exact) mass is 450 g/mol. The first-order valence-electron chi connectivity index (χ1n) is 9.80. The largest absolute Gasteiger partial charge is 0.315 e. The molecule has 0 radical (unpaired) electrons. The van der Waals surface area contributed by atoms with Gasteiger partial charge in [-0.2, -0.15) is 0 Å². The zero-order valence-electron chi connectivity index (χ0n) is 17.5. The summed E-state index contributed by atoms with van der Waals surface area (Å²) in [6, 6.07) is 15.1. The van der Waals surface area contributed by atoms with Crippen LogP contribution in [0, 0.1) is 13.8 Å². The van der Waals surface area contributed by atoms with Crippen molar-refractivity contribution in [2.24, 2.45) is 0 Å². The molecule has 0 fully saturated rings. The maximum absolute atomic E-state index is 13.4. The third-order valence-corrected chi connectivity index (χ3v) is 7.20. The van der Waals surface area contributed by atoms with Gasteiger partial charge in [0.1, 0.15) is 4.83 Å². The second kappa shape index (κ2) is 9.03. The van der Waals surface area contributed by atoms with E-state index in [9.17, 15) is 9.59 Å². The Morgan fingerprint density at radius 2 is 1.87 bits per heavy atom. The number of carbonyl (C=O) groups is 1. The first-order valence-corrected chi connectivity index (χ1v) is 11.6. The number of hydrogen-bond acceptors (Lipinski definition) is 6. The number of para-hydroxylation sites is 1. The van der Waals surface area contributed by atoms with Gasteiger partial charge in [-0.05, 0) is 43.7 Å². The van der Waals surface area contributed by atoms with Crippen LogP contribution in [-0.4, -0.2) is 33.2 Å². The number of thioether (sulfide) groups is 1. The van der Waals surface area contributed by atoms with E-state index >= 15 is 0 Å². The summed E-state index contributed by atoms with van der Waals surface area (Å²) in [6.45, 7) is 4.25. The Morgan fingerprint density at radius 1 is 1.13 bits per heavy atom. The van der Waals surface area contributed by atoms with E-state index in [1.165, 1.54) is 23.1 Å². The topological polar surface area (TPSA) is 68.1 Å². The summed E-state index contributed by atoms with van der Waals surface area (Å²) in [5.41, 5.74) is 2.46. The molecule has 0 atom stereocenters. The minimum atomic E-state index is -0.0936. The van der Waals surface area contributed by atoms with Crippen molar-refractivity contribution in [1.82, 2.24) is 14.5 Å². The van der Waals surface area contributed by atoms with Gasteiger partial charge in [-0.3, -0.25) is 19.1 Å². The molecule has 0 spiro atoms. The van der Waals surface area contributed by atoms with Crippen molar-refractivity contribution in [3.8, 4) is 0 Å². The molecule has 8 heteroatoms. The Morgan fingerprint density at radius 3 is 2.58 bits per heavy atom. The molecule has 0 aliphatic rings. The van der Waals surface area contributed by atoms with Gasteiger partial charge in [-0.1, -0.05) is 36.0 Å². The molecule has 3 aromatic heterocycles. The van der Waals surface area contributed by atoms with E-state index in [0.29, 0.717) is 21.9 Å². The van der Waals surface area contributed by atoms with Gasteiger partial charge >= 0.3 is 0 Å². The smallest absolute Gasteiger partial charge is 0.263 e. The molecule has 6 nitrogen and oxygen atoms in total. The number of fused-ring (bicyclic) bond motifs is 1. The summed E-state index contributed by atoms with van der Waals surface area (Å²) in [5.74, 6) is 0.114. The molecule has 31 heavy (non-hydrogen) atoms. The molecule has 0 aliphatic carbocycles. The van der Waals surface area contributed by atoms with Crippen LogP contribution in [-0.2, 0) is 11.3 Å². The summed E-state index contributed by atoms with van der Waals surface area (Å²) in [5, 5.41) is 1.18. The predicted molar refractivity (Wildman–Crippen MR) is 127 cm³/mol. The van der Waals surface area contributed by atoms with E-state index in [-0.39, 0.29) is 17.2 Å². The summed E-state index contributed by atoms with van der Waals surface area (Å²) in [7, 11) is 1.75. The Labute approximate surface area is 188 Å². The van der Waals surface area contributed by atoms with Gasteiger partial charge in [0.2, 0.25) is 5.91 Å². The van der Waals surface area contributed by atoms with Crippen molar-refractivity contribution < 1.29 is 4.79 Å². The summed E-state index contributed by atoms with van der Waals surface area (Å²) >= 11 is 2.79. The van der Waals surface area contributed by atoms with Crippen LogP contribution >= 0.6 is 23.1 Å². The van der Waals surface area contributed by atoms with Crippen LogP contribution in [0.3, 0.4) is 0 Å². The molecule has 0 aliphatic heterocycles. The lowest BCUT2D eigenvalue weighted by Gasteiger charge is -2.17. The zero-order valence-corrected chi connectivity index (χ0v) is 19.2. The van der Waals surface area contributed by atoms with Crippen LogP contribution in [0.4, 0.5) is 5.69 Å². The van der Waals surface area contributed by atoms with Gasteiger partial charge in [-0.25, -0.2) is 4.98 Å². The molecule has 0 saturated carbocycles. The number of thiophene rings is 1. The standard InChI is InChI=1S/C23H22N4O2S2/c1-15-16(2)31-21-20(15)22(29)27(13-17-9-7-8-12-24-17)23(25-21)30-14-19(28)26(3)18-10-5-4-6-11-18/h4-12H,13-14H2,1-3H3. The highest BCUT2D eigenvalue weighted by Crippen LogP contribution is 2.29. The van der Waals surface area contributed by atoms with Crippen molar-refractivity contribution in [2.75, 3.05) is 17.7 Å². The second-order valence-electron chi connectivity index (χ2n) is 7.15. The quantitative estimate of drug-likeness (QED) is 0.324. The predicted octanol–water partition coefficient (Wildman–Crippen LogP) is 4.27. The highest BCUT2D eigenvalue weighted by atomic mass is 32.2. The molecule has 0 bridgehead atoms. The first-order chi connectivity index (χ1) is 15.0. The Bertz CT molecular complexity index is 1280. The molecule has 0 unspecified atom stereocenters. The lowest BCUT2D eigenvalue weighted by atomic mass is 10.2. The minimum Gasteiger partial charge on any atom is -0.315 e. The molecule has 0 N–H and O–H groups in total. The number of pyridine rings is 1. The van der Waals surface area contributed by atoms with Crippen LogP contribution in [0.2, 0.25) is 0 Å². The van der Waals surface area contributed by atoms with Crippen LogP contribution in [0.15, 0.2) is 64.7 Å². The van der Waals surface area contributed by atoms with E-state index in [4.69, 9.17) is 4.98 Å². The molecule has 4 rings (SSSR count). The number of rotatable bonds is 6. The van der Waals surface area contributed by atoms with Crippen LogP contribution in [0.5, 0.6) is 0 Å². The van der Waals surface area contributed by atoms with E-state index < -0.39 is 0 Å². The third-order valence-electron chi connectivity index (χ3n) is 5.14. The van der Waals surface area contributed by atoms with Crippen molar-refractivity contribution >= 4 is 44.9 Å². The normalized spacial score (nSPS) is 11.1. The average Bonchev–Trinajstić information content (AvgIpc) is 3.08. The maximum atomic E-state index is 13.4. The van der Waals surface area contributed by atoms with Gasteiger partial charge in [0.05, 0.1) is 23.4 Å². The fourth-order valence-electron chi connectivity index (χ4n) is 3.23. The van der Waals surface area contributed by atoms with Crippen LogP contribution in [0.25, 0.3) is 10.2 Å². The Hall–Kier alpha value is -2.97. The fourth-order valence-corrected chi connectivity index (χ4v) is 5.21. The number of aryl methyl sites for hydroxylation is 2. The van der Waals surface area contributed by atoms with E-state index in [1.807, 2.05) is 62.4 Å². The van der Waals surface area contributed by atoms with Gasteiger partial charge in [0, 0.05) is 23.8 Å². The Balaban J connectivity index is 1.68. The average molecular weight is 451 g/mol. The zero-order chi connectivity index (χ0) is 22.0. The molecular weight excluding hydrogens is 428 g/mol. The highest BCUT2D eigenvalue weighted by molar-refractivity contribution is 7.99. The van der Waals surface area contributed by atoms with Crippen LogP contribution in [0.1, 0.15) is 16.1 Å². The second-order valence-corrected chi connectivity index (χ2v) is 9.29. The number of amides is 1. The van der Waals surface area contributed by atoms with Crippen molar-refractivity contribution in [2.45, 2.75) is 25.5 Å². The number of anilines is 1. The number of aromatic nitrogens is 3. The summed E-state index contributed by atoms with van der Waals surface area (Å²) in [6.07, 6.45) is 1.71. The van der Waals surface area contributed by atoms with Gasteiger partial charge in [0.15, 0.2) is 5.16 Å². The highest BCUT2D eigenvalue weighted by Gasteiger charge is 2.19. The molecule has 3 heterocycles. The SMILES string of the molecule is Cc1sc2nc(SCC(=O)N(C)c3ccccc3)n(Cc3ccccn3)c(=O)c2c1C. The van der Waals surface area contributed by atoms with Crippen molar-refractivity contribution in [3.63, 3.8) is 0 Å². The number of hydrogen-bond donors (Lipinski definition) is 0. The lowest BCUT2D eigenvalue weighted by Crippen LogP contribution is -2.29. The maximum Gasteiger partial charge on any atom is 0.263 e. The number of benzene rings is 1. The molecule has 4 aromatic rings. The lowest BCUT2D eigenvalue weighted by molar-refractivity contribution is -0.115. The molecule has 1 aromatic carbocycles.